The molecule has 0 saturated heterocycles. The summed E-state index contributed by atoms with van der Waals surface area (Å²) in [6, 6.07) is 13.2. The molecule has 0 atom stereocenters. The van der Waals surface area contributed by atoms with E-state index in [-0.39, 0.29) is 0 Å². The first kappa shape index (κ1) is 19.0. The Balaban J connectivity index is 2.30. The predicted molar refractivity (Wildman–Crippen MR) is 106 cm³/mol. The van der Waals surface area contributed by atoms with Crippen LogP contribution in [0.15, 0.2) is 42.6 Å². The van der Waals surface area contributed by atoms with Crippen molar-refractivity contribution in [3.05, 3.63) is 53.7 Å². The normalized spacial score (nSPS) is 11.7. The van der Waals surface area contributed by atoms with Crippen LogP contribution in [0, 0.1) is 0 Å². The van der Waals surface area contributed by atoms with Crippen LogP contribution in [-0.4, -0.2) is 4.98 Å². The standard InChI is InChI=1S/C22H30ClN/c1-4-13-22(14-5-2,15-6-3)20-10-8-19(9-11-20)21-12-7-18(16-23)17-24-21/h7-12,17H,4-6,13-16H2,1-3H3. The third-order valence-corrected chi connectivity index (χ3v) is 5.27. The molecule has 0 aliphatic heterocycles. The van der Waals surface area contributed by atoms with Gasteiger partial charge in [-0.3, -0.25) is 4.98 Å². The van der Waals surface area contributed by atoms with E-state index in [0.717, 1.165) is 11.3 Å². The van der Waals surface area contributed by atoms with E-state index in [1.54, 1.807) is 0 Å². The lowest BCUT2D eigenvalue weighted by Gasteiger charge is -2.34. The molecular formula is C22H30ClN. The van der Waals surface area contributed by atoms with Crippen LogP contribution in [0.5, 0.6) is 0 Å². The van der Waals surface area contributed by atoms with Crippen LogP contribution >= 0.6 is 11.6 Å². The molecule has 0 aliphatic rings. The highest BCUT2D eigenvalue weighted by Gasteiger charge is 2.29. The molecule has 0 saturated carbocycles. The first-order valence-corrected chi connectivity index (χ1v) is 9.84. The van der Waals surface area contributed by atoms with Gasteiger partial charge in [0.15, 0.2) is 0 Å². The lowest BCUT2D eigenvalue weighted by molar-refractivity contribution is 0.327. The number of halogens is 1. The minimum Gasteiger partial charge on any atom is -0.256 e. The molecular weight excluding hydrogens is 314 g/mol. The lowest BCUT2D eigenvalue weighted by Crippen LogP contribution is -2.25. The van der Waals surface area contributed by atoms with E-state index < -0.39 is 0 Å². The van der Waals surface area contributed by atoms with E-state index >= 15 is 0 Å². The molecule has 2 heteroatoms. The van der Waals surface area contributed by atoms with E-state index in [1.165, 1.54) is 49.7 Å². The van der Waals surface area contributed by atoms with Gasteiger partial charge in [-0.05, 0) is 41.9 Å². The Morgan fingerprint density at radius 2 is 1.42 bits per heavy atom. The van der Waals surface area contributed by atoms with E-state index in [2.05, 4.69) is 62.2 Å². The molecule has 2 rings (SSSR count). The van der Waals surface area contributed by atoms with E-state index in [0.29, 0.717) is 11.3 Å². The summed E-state index contributed by atoms with van der Waals surface area (Å²) in [4.78, 5) is 4.54. The Bertz CT molecular complexity index is 584. The molecule has 0 N–H and O–H groups in total. The summed E-state index contributed by atoms with van der Waals surface area (Å²) < 4.78 is 0. The van der Waals surface area contributed by atoms with Crippen molar-refractivity contribution < 1.29 is 0 Å². The van der Waals surface area contributed by atoms with E-state index in [4.69, 9.17) is 11.6 Å². The maximum Gasteiger partial charge on any atom is 0.0702 e. The molecule has 0 spiro atoms. The summed E-state index contributed by atoms with van der Waals surface area (Å²) in [6.07, 6.45) is 9.41. The van der Waals surface area contributed by atoms with Crippen molar-refractivity contribution in [3.63, 3.8) is 0 Å². The van der Waals surface area contributed by atoms with Gasteiger partial charge in [0.1, 0.15) is 0 Å². The number of hydrogen-bond donors (Lipinski definition) is 0. The second-order valence-corrected chi connectivity index (χ2v) is 7.06. The van der Waals surface area contributed by atoms with Gasteiger partial charge < -0.3 is 0 Å². The van der Waals surface area contributed by atoms with Gasteiger partial charge in [-0.1, -0.05) is 70.4 Å². The SMILES string of the molecule is CCCC(CCC)(CCC)c1ccc(-c2ccc(CCl)cn2)cc1. The number of alkyl halides is 1. The summed E-state index contributed by atoms with van der Waals surface area (Å²) in [5.74, 6) is 0.514. The second-order valence-electron chi connectivity index (χ2n) is 6.79. The highest BCUT2D eigenvalue weighted by Crippen LogP contribution is 2.39. The Labute approximate surface area is 152 Å². The van der Waals surface area contributed by atoms with Gasteiger partial charge in [0.2, 0.25) is 0 Å². The first-order chi connectivity index (χ1) is 11.7. The molecule has 0 unspecified atom stereocenters. The second kappa shape index (κ2) is 9.22. The van der Waals surface area contributed by atoms with Gasteiger partial charge in [-0.2, -0.15) is 0 Å². The summed E-state index contributed by atoms with van der Waals surface area (Å²) in [7, 11) is 0. The molecule has 0 amide bonds. The van der Waals surface area contributed by atoms with Crippen LogP contribution < -0.4 is 0 Å². The zero-order valence-corrected chi connectivity index (χ0v) is 16.1. The first-order valence-electron chi connectivity index (χ1n) is 9.31. The van der Waals surface area contributed by atoms with Crippen LogP contribution in [0.4, 0.5) is 0 Å². The molecule has 2 aromatic rings. The average molecular weight is 344 g/mol. The van der Waals surface area contributed by atoms with Gasteiger partial charge in [0, 0.05) is 17.6 Å². The van der Waals surface area contributed by atoms with Gasteiger partial charge >= 0.3 is 0 Å². The number of rotatable bonds is 9. The number of aromatic nitrogens is 1. The van der Waals surface area contributed by atoms with Crippen LogP contribution in [0.1, 0.15) is 70.4 Å². The predicted octanol–water partition coefficient (Wildman–Crippen LogP) is 7.13. The minimum atomic E-state index is 0.340. The highest BCUT2D eigenvalue weighted by atomic mass is 35.5. The molecule has 0 radical (unpaired) electrons. The van der Waals surface area contributed by atoms with Crippen LogP contribution in [-0.2, 0) is 11.3 Å². The van der Waals surface area contributed by atoms with Crippen molar-refractivity contribution in [1.82, 2.24) is 4.98 Å². The van der Waals surface area contributed by atoms with Crippen molar-refractivity contribution in [2.75, 3.05) is 0 Å². The Hall–Kier alpha value is -1.34. The highest BCUT2D eigenvalue weighted by molar-refractivity contribution is 6.17. The van der Waals surface area contributed by atoms with Crippen molar-refractivity contribution >= 4 is 11.6 Å². The molecule has 0 bridgehead atoms. The van der Waals surface area contributed by atoms with Crippen LogP contribution in [0.25, 0.3) is 11.3 Å². The van der Waals surface area contributed by atoms with Crippen molar-refractivity contribution in [1.29, 1.82) is 0 Å². The molecule has 24 heavy (non-hydrogen) atoms. The smallest absolute Gasteiger partial charge is 0.0702 e. The number of pyridine rings is 1. The fraction of sp³-hybridized carbons (Fsp3) is 0.500. The van der Waals surface area contributed by atoms with Gasteiger partial charge in [-0.15, -0.1) is 11.6 Å². The zero-order chi connectivity index (χ0) is 17.4. The zero-order valence-electron chi connectivity index (χ0n) is 15.3. The van der Waals surface area contributed by atoms with E-state index in [1.807, 2.05) is 6.20 Å². The van der Waals surface area contributed by atoms with E-state index in [9.17, 15) is 0 Å². The fourth-order valence-corrected chi connectivity index (χ4v) is 4.07. The largest absolute Gasteiger partial charge is 0.256 e. The maximum absolute atomic E-state index is 5.85. The topological polar surface area (TPSA) is 12.9 Å². The van der Waals surface area contributed by atoms with Crippen molar-refractivity contribution in [3.8, 4) is 11.3 Å². The Kier molecular flexibility index (Phi) is 7.30. The van der Waals surface area contributed by atoms with Gasteiger partial charge in [-0.25, -0.2) is 0 Å². The van der Waals surface area contributed by atoms with Crippen LogP contribution in [0.2, 0.25) is 0 Å². The molecule has 1 aromatic heterocycles. The number of benzene rings is 1. The third-order valence-electron chi connectivity index (χ3n) is 4.96. The average Bonchev–Trinajstić information content (AvgIpc) is 2.62. The Morgan fingerprint density at radius 1 is 0.833 bits per heavy atom. The summed E-state index contributed by atoms with van der Waals surface area (Å²) in [5.41, 5.74) is 5.09. The molecule has 130 valence electrons. The lowest BCUT2D eigenvalue weighted by atomic mass is 9.70. The summed E-state index contributed by atoms with van der Waals surface area (Å²) >= 11 is 5.85. The van der Waals surface area contributed by atoms with Crippen molar-refractivity contribution in [2.45, 2.75) is 70.6 Å². The van der Waals surface area contributed by atoms with Gasteiger partial charge in [0.05, 0.1) is 5.69 Å². The molecule has 1 nitrogen and oxygen atoms in total. The minimum absolute atomic E-state index is 0.340. The molecule has 0 fully saturated rings. The van der Waals surface area contributed by atoms with Crippen molar-refractivity contribution in [2.24, 2.45) is 0 Å². The summed E-state index contributed by atoms with van der Waals surface area (Å²) in [6.45, 7) is 6.91. The third kappa shape index (κ3) is 4.39. The summed E-state index contributed by atoms with van der Waals surface area (Å²) in [5, 5.41) is 0. The number of nitrogens with zero attached hydrogens (tertiary/aromatic N) is 1. The fourth-order valence-electron chi connectivity index (χ4n) is 3.91. The molecule has 1 aromatic carbocycles. The van der Waals surface area contributed by atoms with Gasteiger partial charge in [0.25, 0.3) is 0 Å². The molecule has 0 aliphatic carbocycles. The quantitative estimate of drug-likeness (QED) is 0.441. The Morgan fingerprint density at radius 3 is 1.83 bits per heavy atom. The maximum atomic E-state index is 5.85. The monoisotopic (exact) mass is 343 g/mol. The molecule has 1 heterocycles. The number of hydrogen-bond acceptors (Lipinski definition) is 1. The van der Waals surface area contributed by atoms with Crippen LogP contribution in [0.3, 0.4) is 0 Å².